The van der Waals surface area contributed by atoms with Crippen LogP contribution >= 0.6 is 0 Å². The third kappa shape index (κ3) is 63.5. The number of hydrogen-bond donors (Lipinski definition) is 0. The predicted octanol–water partition coefficient (Wildman–Crippen LogP) is 2.77. The SMILES string of the molecule is CCCCC[S+](C)C.CCCCC[S+](C)C.O=S(=O)([O-])[O-]. The Morgan fingerprint density at radius 2 is 0.952 bits per heavy atom. The first-order valence-corrected chi connectivity index (χ1v) is 13.0. The van der Waals surface area contributed by atoms with Crippen LogP contribution < -0.4 is 0 Å². The van der Waals surface area contributed by atoms with Crippen LogP contribution in [0.15, 0.2) is 0 Å². The quantitative estimate of drug-likeness (QED) is 0.288. The summed E-state index contributed by atoms with van der Waals surface area (Å²) in [7, 11) is -3.80. The van der Waals surface area contributed by atoms with Gasteiger partial charge in [-0.1, -0.05) is 26.7 Å². The molecule has 0 saturated heterocycles. The van der Waals surface area contributed by atoms with Crippen LogP contribution in [-0.2, 0) is 32.2 Å². The van der Waals surface area contributed by atoms with Gasteiger partial charge < -0.3 is 9.11 Å². The zero-order valence-corrected chi connectivity index (χ0v) is 17.0. The van der Waals surface area contributed by atoms with Gasteiger partial charge >= 0.3 is 0 Å². The highest BCUT2D eigenvalue weighted by Crippen LogP contribution is 1.97. The van der Waals surface area contributed by atoms with Crippen LogP contribution in [-0.4, -0.2) is 54.1 Å². The van der Waals surface area contributed by atoms with E-state index >= 15 is 0 Å². The summed E-state index contributed by atoms with van der Waals surface area (Å²) < 4.78 is 34.1. The molecule has 0 aromatic carbocycles. The van der Waals surface area contributed by atoms with Crippen molar-refractivity contribution in [3.63, 3.8) is 0 Å². The van der Waals surface area contributed by atoms with Crippen molar-refractivity contribution in [3.8, 4) is 0 Å². The lowest BCUT2D eigenvalue weighted by Gasteiger charge is -2.06. The van der Waals surface area contributed by atoms with Crippen LogP contribution in [0.4, 0.5) is 0 Å². The van der Waals surface area contributed by atoms with Gasteiger partial charge in [0.25, 0.3) is 0 Å². The Labute approximate surface area is 138 Å². The summed E-state index contributed by atoms with van der Waals surface area (Å²) in [5, 5.41) is 0. The number of hydrogen-bond acceptors (Lipinski definition) is 4. The summed E-state index contributed by atoms with van der Waals surface area (Å²) in [5.74, 6) is 2.88. The Kier molecular flexibility index (Phi) is 23.5. The minimum Gasteiger partial charge on any atom is -0.759 e. The van der Waals surface area contributed by atoms with E-state index in [1.807, 2.05) is 0 Å². The smallest absolute Gasteiger partial charge is 0.107 e. The molecule has 21 heavy (non-hydrogen) atoms. The molecule has 0 radical (unpaired) electrons. The molecule has 0 aliphatic rings. The summed E-state index contributed by atoms with van der Waals surface area (Å²) in [6, 6.07) is 0. The van der Waals surface area contributed by atoms with Crippen molar-refractivity contribution in [1.82, 2.24) is 0 Å². The summed E-state index contributed by atoms with van der Waals surface area (Å²) >= 11 is 0. The van der Waals surface area contributed by atoms with Gasteiger partial charge in [0.2, 0.25) is 0 Å². The molecular formula is C14H34O4S3. The summed E-state index contributed by atoms with van der Waals surface area (Å²) in [5.41, 5.74) is 0. The molecular weight excluding hydrogens is 328 g/mol. The second-order valence-corrected chi connectivity index (χ2v) is 10.8. The van der Waals surface area contributed by atoms with Crippen LogP contribution in [0.1, 0.15) is 52.4 Å². The summed E-state index contributed by atoms with van der Waals surface area (Å²) in [6.45, 7) is 4.51. The molecule has 0 N–H and O–H groups in total. The molecule has 0 bridgehead atoms. The van der Waals surface area contributed by atoms with E-state index in [-0.39, 0.29) is 0 Å². The van der Waals surface area contributed by atoms with E-state index in [0.717, 1.165) is 0 Å². The van der Waals surface area contributed by atoms with E-state index < -0.39 is 10.4 Å². The van der Waals surface area contributed by atoms with Crippen LogP contribution in [0.25, 0.3) is 0 Å². The summed E-state index contributed by atoms with van der Waals surface area (Å²) in [4.78, 5) is 0. The zero-order chi connectivity index (χ0) is 17.3. The molecule has 4 nitrogen and oxygen atoms in total. The molecule has 0 fully saturated rings. The van der Waals surface area contributed by atoms with Gasteiger partial charge in [-0.3, -0.25) is 8.42 Å². The van der Waals surface area contributed by atoms with E-state index in [0.29, 0.717) is 21.8 Å². The summed E-state index contributed by atoms with van der Waals surface area (Å²) in [6.07, 6.45) is 17.7. The standard InChI is InChI=1S/2C7H17S.H2O4S/c2*1-4-5-6-7-8(2)3;1-5(2,3)4/h2*4-7H2,1-3H3;(H2,1,2,3,4)/q2*+1;/p-2. The van der Waals surface area contributed by atoms with Crippen LogP contribution in [0.2, 0.25) is 0 Å². The molecule has 0 unspecified atom stereocenters. The van der Waals surface area contributed by atoms with E-state index in [4.69, 9.17) is 17.5 Å². The minimum atomic E-state index is -5.17. The first kappa shape index (κ1) is 26.5. The number of rotatable bonds is 8. The molecule has 132 valence electrons. The second-order valence-electron chi connectivity index (χ2n) is 5.20. The van der Waals surface area contributed by atoms with Gasteiger partial charge in [0, 0.05) is 10.4 Å². The van der Waals surface area contributed by atoms with Crippen LogP contribution in [0.3, 0.4) is 0 Å². The maximum absolute atomic E-state index is 8.52. The number of unbranched alkanes of at least 4 members (excludes halogenated alkanes) is 4. The van der Waals surface area contributed by atoms with Crippen LogP contribution in [0.5, 0.6) is 0 Å². The van der Waals surface area contributed by atoms with Gasteiger partial charge in [-0.2, -0.15) is 0 Å². The third-order valence-electron chi connectivity index (χ3n) is 2.31. The van der Waals surface area contributed by atoms with Gasteiger partial charge in [0.05, 0.1) is 25.0 Å². The largest absolute Gasteiger partial charge is 0.759 e. The lowest BCUT2D eigenvalue weighted by atomic mass is 10.3. The molecule has 0 heterocycles. The first-order valence-electron chi connectivity index (χ1n) is 7.29. The lowest BCUT2D eigenvalue weighted by Crippen LogP contribution is -2.00. The Morgan fingerprint density at radius 3 is 1.10 bits per heavy atom. The van der Waals surface area contributed by atoms with Crippen molar-refractivity contribution in [2.45, 2.75) is 52.4 Å². The van der Waals surface area contributed by atoms with Gasteiger partial charge in [0.15, 0.2) is 0 Å². The third-order valence-corrected chi connectivity index (χ3v) is 4.52. The molecule has 0 atom stereocenters. The van der Waals surface area contributed by atoms with E-state index in [2.05, 4.69) is 38.9 Å². The average molecular weight is 363 g/mol. The minimum absolute atomic E-state index is 0.683. The van der Waals surface area contributed by atoms with Crippen molar-refractivity contribution in [2.24, 2.45) is 0 Å². The molecule has 0 amide bonds. The molecule has 0 aromatic heterocycles. The molecule has 0 saturated carbocycles. The Bertz CT molecular complexity index is 256. The normalized spacial score (nSPS) is 10.8. The van der Waals surface area contributed by atoms with Gasteiger partial charge in [-0.25, -0.2) is 0 Å². The average Bonchev–Trinajstić information content (AvgIpc) is 2.27. The predicted molar refractivity (Wildman–Crippen MR) is 97.7 cm³/mol. The van der Waals surface area contributed by atoms with Crippen molar-refractivity contribution >= 4 is 32.2 Å². The van der Waals surface area contributed by atoms with Crippen LogP contribution in [0, 0.1) is 0 Å². The zero-order valence-electron chi connectivity index (χ0n) is 14.5. The highest BCUT2D eigenvalue weighted by Gasteiger charge is 1.99. The first-order chi connectivity index (χ1) is 9.54. The molecule has 0 rings (SSSR count). The Morgan fingerprint density at radius 1 is 0.714 bits per heavy atom. The van der Waals surface area contributed by atoms with Crippen molar-refractivity contribution < 1.29 is 17.5 Å². The van der Waals surface area contributed by atoms with E-state index in [1.54, 1.807) is 0 Å². The molecule has 0 aliphatic heterocycles. The molecule has 7 heteroatoms. The highest BCUT2D eigenvalue weighted by molar-refractivity contribution is 7.95. The monoisotopic (exact) mass is 362 g/mol. The van der Waals surface area contributed by atoms with Gasteiger partial charge in [-0.15, -0.1) is 0 Å². The maximum Gasteiger partial charge on any atom is 0.107 e. The fraction of sp³-hybridized carbons (Fsp3) is 1.00. The lowest BCUT2D eigenvalue weighted by molar-refractivity contribution is 0.352. The second kappa shape index (κ2) is 18.6. The van der Waals surface area contributed by atoms with Crippen molar-refractivity contribution in [3.05, 3.63) is 0 Å². The maximum atomic E-state index is 8.52. The van der Waals surface area contributed by atoms with Crippen molar-refractivity contribution in [1.29, 1.82) is 0 Å². The topological polar surface area (TPSA) is 80.3 Å². The fourth-order valence-electron chi connectivity index (χ4n) is 1.28. The Balaban J connectivity index is -0.000000239. The highest BCUT2D eigenvalue weighted by atomic mass is 32.3. The van der Waals surface area contributed by atoms with Crippen molar-refractivity contribution in [2.75, 3.05) is 36.5 Å². The molecule has 0 aliphatic carbocycles. The van der Waals surface area contributed by atoms with Gasteiger partial charge in [-0.05, 0) is 47.5 Å². The van der Waals surface area contributed by atoms with E-state index in [9.17, 15) is 0 Å². The van der Waals surface area contributed by atoms with E-state index in [1.165, 1.54) is 50.0 Å². The molecule has 0 spiro atoms. The molecule has 0 aromatic rings. The Hall–Kier alpha value is 0.570. The van der Waals surface area contributed by atoms with Gasteiger partial charge in [0.1, 0.15) is 11.5 Å². The fourth-order valence-corrected chi connectivity index (χ4v) is 2.84.